The molecule has 0 bridgehead atoms. The number of nitrogens with one attached hydrogen (secondary N) is 2. The van der Waals surface area contributed by atoms with Gasteiger partial charge in [0.05, 0.1) is 0 Å². The molecule has 0 aromatic rings. The van der Waals surface area contributed by atoms with Gasteiger partial charge in [0.2, 0.25) is 5.91 Å². The second-order valence-electron chi connectivity index (χ2n) is 4.44. The molecule has 82 valence electrons. The Kier molecular flexibility index (Phi) is 4.94. The van der Waals surface area contributed by atoms with Gasteiger partial charge < -0.3 is 10.6 Å². The van der Waals surface area contributed by atoms with Crippen LogP contribution in [0.15, 0.2) is 0 Å². The Hall–Kier alpha value is -0.570. The van der Waals surface area contributed by atoms with Crippen molar-refractivity contribution in [3.63, 3.8) is 0 Å². The lowest BCUT2D eigenvalue weighted by atomic mass is 10.1. The van der Waals surface area contributed by atoms with E-state index in [2.05, 4.69) is 17.6 Å². The highest BCUT2D eigenvalue weighted by Crippen LogP contribution is 2.29. The first-order chi connectivity index (χ1) is 6.72. The molecule has 1 aliphatic rings. The zero-order valence-electron chi connectivity index (χ0n) is 9.31. The van der Waals surface area contributed by atoms with E-state index < -0.39 is 0 Å². The van der Waals surface area contributed by atoms with Gasteiger partial charge in [0.25, 0.3) is 0 Å². The molecule has 0 heterocycles. The zero-order chi connectivity index (χ0) is 10.4. The summed E-state index contributed by atoms with van der Waals surface area (Å²) in [7, 11) is 1.87. The number of amides is 1. The van der Waals surface area contributed by atoms with E-state index in [0.717, 1.165) is 24.9 Å². The highest BCUT2D eigenvalue weighted by molar-refractivity contribution is 5.76. The lowest BCUT2D eigenvalue weighted by Crippen LogP contribution is -2.30. The minimum atomic E-state index is 0.180. The van der Waals surface area contributed by atoms with Gasteiger partial charge in [0.1, 0.15) is 0 Å². The molecule has 2 atom stereocenters. The van der Waals surface area contributed by atoms with Gasteiger partial charge >= 0.3 is 0 Å². The van der Waals surface area contributed by atoms with Gasteiger partial charge in [-0.15, -0.1) is 0 Å². The van der Waals surface area contributed by atoms with Crippen LogP contribution in [0.25, 0.3) is 0 Å². The molecule has 1 fully saturated rings. The number of carbonyl (C=O) groups excluding carboxylic acids is 1. The Bertz CT molecular complexity index is 182. The van der Waals surface area contributed by atoms with E-state index in [1.54, 1.807) is 0 Å². The zero-order valence-corrected chi connectivity index (χ0v) is 9.31. The van der Waals surface area contributed by atoms with Crippen LogP contribution in [-0.2, 0) is 4.79 Å². The maximum Gasteiger partial charge on any atom is 0.221 e. The Morgan fingerprint density at radius 2 is 2.21 bits per heavy atom. The smallest absolute Gasteiger partial charge is 0.221 e. The molecule has 0 aromatic carbocycles. The largest absolute Gasteiger partial charge is 0.356 e. The molecule has 0 radical (unpaired) electrons. The molecule has 1 amide bonds. The molecular weight excluding hydrogens is 176 g/mol. The monoisotopic (exact) mass is 198 g/mol. The fraction of sp³-hybridized carbons (Fsp3) is 0.909. The van der Waals surface area contributed by atoms with Gasteiger partial charge in [-0.25, -0.2) is 0 Å². The maximum atomic E-state index is 11.3. The summed E-state index contributed by atoms with van der Waals surface area (Å²) in [6, 6.07) is 0. The first-order valence-corrected chi connectivity index (χ1v) is 5.63. The van der Waals surface area contributed by atoms with Gasteiger partial charge in [0.15, 0.2) is 0 Å². The summed E-state index contributed by atoms with van der Waals surface area (Å²) in [6.07, 6.45) is 4.50. The van der Waals surface area contributed by atoms with E-state index in [0.29, 0.717) is 6.42 Å². The fourth-order valence-electron chi connectivity index (χ4n) is 2.10. The summed E-state index contributed by atoms with van der Waals surface area (Å²) in [5.41, 5.74) is 0. The highest BCUT2D eigenvalue weighted by Gasteiger charge is 2.21. The van der Waals surface area contributed by atoms with E-state index in [1.807, 2.05) is 7.05 Å². The van der Waals surface area contributed by atoms with Crippen LogP contribution < -0.4 is 10.6 Å². The highest BCUT2D eigenvalue weighted by atomic mass is 16.1. The van der Waals surface area contributed by atoms with Gasteiger partial charge in [-0.3, -0.25) is 4.79 Å². The average Bonchev–Trinajstić information content (AvgIpc) is 2.58. The predicted molar refractivity (Wildman–Crippen MR) is 58.1 cm³/mol. The maximum absolute atomic E-state index is 11.3. The van der Waals surface area contributed by atoms with Crippen LogP contribution in [-0.4, -0.2) is 26.0 Å². The third-order valence-corrected chi connectivity index (χ3v) is 2.99. The molecule has 2 unspecified atom stereocenters. The van der Waals surface area contributed by atoms with Crippen molar-refractivity contribution in [1.29, 1.82) is 0 Å². The standard InChI is InChI=1S/C11H22N2O/c1-9-3-4-10(7-9)8-13-11(14)5-6-12-2/h9-10,12H,3-8H2,1-2H3,(H,13,14). The van der Waals surface area contributed by atoms with Crippen molar-refractivity contribution >= 4 is 5.91 Å². The Morgan fingerprint density at radius 3 is 2.79 bits per heavy atom. The number of carbonyl (C=O) groups is 1. The average molecular weight is 198 g/mol. The van der Waals surface area contributed by atoms with Gasteiger partial charge in [-0.1, -0.05) is 13.3 Å². The molecule has 0 saturated heterocycles. The van der Waals surface area contributed by atoms with Gasteiger partial charge in [-0.05, 0) is 31.7 Å². The van der Waals surface area contributed by atoms with Crippen molar-refractivity contribution in [2.45, 2.75) is 32.6 Å². The molecule has 1 saturated carbocycles. The van der Waals surface area contributed by atoms with Crippen LogP contribution in [0.1, 0.15) is 32.6 Å². The summed E-state index contributed by atoms with van der Waals surface area (Å²) >= 11 is 0. The number of hydrogen-bond donors (Lipinski definition) is 2. The summed E-state index contributed by atoms with van der Waals surface area (Å²) in [5.74, 6) is 1.76. The van der Waals surface area contributed by atoms with Crippen LogP contribution in [0.4, 0.5) is 0 Å². The third-order valence-electron chi connectivity index (χ3n) is 2.99. The molecule has 1 aliphatic carbocycles. The van der Waals surface area contributed by atoms with E-state index in [4.69, 9.17) is 0 Å². The second-order valence-corrected chi connectivity index (χ2v) is 4.44. The molecule has 0 aromatic heterocycles. The SMILES string of the molecule is CNCCC(=O)NCC1CCC(C)C1. The lowest BCUT2D eigenvalue weighted by molar-refractivity contribution is -0.121. The van der Waals surface area contributed by atoms with Crippen LogP contribution >= 0.6 is 0 Å². The first-order valence-electron chi connectivity index (χ1n) is 5.63. The van der Waals surface area contributed by atoms with Crippen molar-refractivity contribution in [3.05, 3.63) is 0 Å². The quantitative estimate of drug-likeness (QED) is 0.696. The lowest BCUT2D eigenvalue weighted by Gasteiger charge is -2.10. The van der Waals surface area contributed by atoms with E-state index in [9.17, 15) is 4.79 Å². The Balaban J connectivity index is 2.05. The second kappa shape index (κ2) is 6.02. The minimum Gasteiger partial charge on any atom is -0.356 e. The Labute approximate surface area is 86.6 Å². The molecule has 1 rings (SSSR count). The van der Waals surface area contributed by atoms with Crippen LogP contribution in [0.2, 0.25) is 0 Å². The molecule has 3 heteroatoms. The van der Waals surface area contributed by atoms with Crippen LogP contribution in [0.3, 0.4) is 0 Å². The van der Waals surface area contributed by atoms with E-state index in [1.165, 1.54) is 19.3 Å². The van der Waals surface area contributed by atoms with E-state index >= 15 is 0 Å². The summed E-state index contributed by atoms with van der Waals surface area (Å²) < 4.78 is 0. The first kappa shape index (κ1) is 11.5. The predicted octanol–water partition coefficient (Wildman–Crippen LogP) is 1.15. The van der Waals surface area contributed by atoms with Crippen molar-refractivity contribution in [2.24, 2.45) is 11.8 Å². The topological polar surface area (TPSA) is 41.1 Å². The number of hydrogen-bond acceptors (Lipinski definition) is 2. The summed E-state index contributed by atoms with van der Waals surface area (Å²) in [6.45, 7) is 3.95. The minimum absolute atomic E-state index is 0.180. The summed E-state index contributed by atoms with van der Waals surface area (Å²) in [5, 5.41) is 5.97. The normalized spacial score (nSPS) is 26.4. The molecule has 0 spiro atoms. The molecular formula is C11H22N2O. The van der Waals surface area contributed by atoms with E-state index in [-0.39, 0.29) is 5.91 Å². The van der Waals surface area contributed by atoms with Gasteiger partial charge in [0, 0.05) is 19.5 Å². The summed E-state index contributed by atoms with van der Waals surface area (Å²) in [4.78, 5) is 11.3. The molecule has 0 aliphatic heterocycles. The van der Waals surface area contributed by atoms with Gasteiger partial charge in [-0.2, -0.15) is 0 Å². The van der Waals surface area contributed by atoms with Crippen LogP contribution in [0.5, 0.6) is 0 Å². The number of rotatable bonds is 5. The molecule has 14 heavy (non-hydrogen) atoms. The molecule has 2 N–H and O–H groups in total. The van der Waals surface area contributed by atoms with Crippen molar-refractivity contribution in [3.8, 4) is 0 Å². The molecule has 3 nitrogen and oxygen atoms in total. The third kappa shape index (κ3) is 4.09. The fourth-order valence-corrected chi connectivity index (χ4v) is 2.10. The van der Waals surface area contributed by atoms with Crippen LogP contribution in [0, 0.1) is 11.8 Å². The van der Waals surface area contributed by atoms with Crippen molar-refractivity contribution in [1.82, 2.24) is 10.6 Å². The van der Waals surface area contributed by atoms with Crippen molar-refractivity contribution in [2.75, 3.05) is 20.1 Å². The van der Waals surface area contributed by atoms with Crippen molar-refractivity contribution < 1.29 is 4.79 Å². The Morgan fingerprint density at radius 1 is 1.43 bits per heavy atom.